The number of benzene rings is 1. The zero-order chi connectivity index (χ0) is 20.2. The van der Waals surface area contributed by atoms with E-state index in [4.69, 9.17) is 4.74 Å². The van der Waals surface area contributed by atoms with Gasteiger partial charge in [0.05, 0.1) is 29.3 Å². The zero-order valence-corrected chi connectivity index (χ0v) is 18.0. The maximum Gasteiger partial charge on any atom is 0.226 e. The van der Waals surface area contributed by atoms with E-state index in [2.05, 4.69) is 4.98 Å². The lowest BCUT2D eigenvalue weighted by molar-refractivity contribution is -0.143. The molecule has 0 bridgehead atoms. The number of carbonyl (C=O) groups is 2. The summed E-state index contributed by atoms with van der Waals surface area (Å²) < 4.78 is 6.47. The van der Waals surface area contributed by atoms with Crippen LogP contribution in [-0.2, 0) is 9.53 Å². The van der Waals surface area contributed by atoms with E-state index in [0.29, 0.717) is 43.6 Å². The molecule has 2 aromatic rings. The largest absolute Gasteiger partial charge is 0.378 e. The van der Waals surface area contributed by atoms with Gasteiger partial charge in [-0.15, -0.1) is 11.3 Å². The van der Waals surface area contributed by atoms with Crippen molar-refractivity contribution in [2.45, 2.75) is 45.4 Å². The molecule has 0 radical (unpaired) electrons. The molecule has 1 aromatic carbocycles. The maximum atomic E-state index is 13.6. The summed E-state index contributed by atoms with van der Waals surface area (Å²) in [5.41, 5.74) is 0.865. The Kier molecular flexibility index (Phi) is 6.60. The molecular formula is C23H30N2O3S. The van der Waals surface area contributed by atoms with Crippen molar-refractivity contribution in [1.29, 1.82) is 0 Å². The van der Waals surface area contributed by atoms with E-state index in [-0.39, 0.29) is 23.5 Å². The van der Waals surface area contributed by atoms with Crippen LogP contribution in [-0.4, -0.2) is 47.9 Å². The highest BCUT2D eigenvalue weighted by Gasteiger charge is 2.41. The molecular weight excluding hydrogens is 384 g/mol. The molecule has 29 heavy (non-hydrogen) atoms. The van der Waals surface area contributed by atoms with Crippen LogP contribution in [0.4, 0.5) is 0 Å². The Morgan fingerprint density at radius 2 is 1.90 bits per heavy atom. The van der Waals surface area contributed by atoms with Crippen molar-refractivity contribution >= 4 is 33.2 Å². The van der Waals surface area contributed by atoms with E-state index in [9.17, 15) is 9.59 Å². The van der Waals surface area contributed by atoms with Crippen LogP contribution in [0.2, 0.25) is 0 Å². The molecule has 1 saturated carbocycles. The maximum absolute atomic E-state index is 13.6. The molecule has 2 fully saturated rings. The first-order valence-corrected chi connectivity index (χ1v) is 11.8. The fourth-order valence-corrected chi connectivity index (χ4v) is 5.90. The van der Waals surface area contributed by atoms with E-state index in [1.54, 1.807) is 0 Å². The van der Waals surface area contributed by atoms with Gasteiger partial charge < -0.3 is 9.64 Å². The molecule has 2 heterocycles. The van der Waals surface area contributed by atoms with E-state index in [0.717, 1.165) is 35.9 Å². The third kappa shape index (κ3) is 4.38. The summed E-state index contributed by atoms with van der Waals surface area (Å²) in [6.07, 6.45) is 6.31. The van der Waals surface area contributed by atoms with Crippen LogP contribution in [0.15, 0.2) is 24.3 Å². The van der Waals surface area contributed by atoms with Gasteiger partial charge in [0.1, 0.15) is 0 Å². The van der Waals surface area contributed by atoms with E-state index in [1.165, 1.54) is 17.8 Å². The number of ketones is 1. The van der Waals surface area contributed by atoms with Gasteiger partial charge >= 0.3 is 0 Å². The van der Waals surface area contributed by atoms with Crippen LogP contribution < -0.4 is 0 Å². The smallest absolute Gasteiger partial charge is 0.226 e. The van der Waals surface area contributed by atoms with Crippen molar-refractivity contribution in [3.05, 3.63) is 29.3 Å². The minimum Gasteiger partial charge on any atom is -0.378 e. The highest BCUT2D eigenvalue weighted by atomic mass is 32.1. The molecule has 1 amide bonds. The van der Waals surface area contributed by atoms with Crippen LogP contribution >= 0.6 is 11.3 Å². The van der Waals surface area contributed by atoms with Crippen LogP contribution in [0, 0.1) is 17.8 Å². The van der Waals surface area contributed by atoms with Crippen molar-refractivity contribution in [3.8, 4) is 0 Å². The minimum absolute atomic E-state index is 0.0471. The Morgan fingerprint density at radius 1 is 1.17 bits per heavy atom. The lowest BCUT2D eigenvalue weighted by Gasteiger charge is -2.38. The van der Waals surface area contributed by atoms with Crippen molar-refractivity contribution in [3.63, 3.8) is 0 Å². The van der Waals surface area contributed by atoms with Crippen molar-refractivity contribution < 1.29 is 14.3 Å². The number of amides is 1. The fraction of sp³-hybridized carbons (Fsp3) is 0.609. The van der Waals surface area contributed by atoms with Gasteiger partial charge in [-0.2, -0.15) is 0 Å². The third-order valence-electron chi connectivity index (χ3n) is 6.48. The van der Waals surface area contributed by atoms with Crippen LogP contribution in [0.5, 0.6) is 0 Å². The Labute approximate surface area is 176 Å². The van der Waals surface area contributed by atoms with Gasteiger partial charge in [-0.3, -0.25) is 9.59 Å². The third-order valence-corrected chi connectivity index (χ3v) is 7.53. The molecule has 156 valence electrons. The molecule has 1 aliphatic carbocycles. The number of nitrogens with zero attached hydrogens (tertiary/aromatic N) is 2. The summed E-state index contributed by atoms with van der Waals surface area (Å²) in [6.45, 7) is 4.48. The molecule has 2 aliphatic rings. The quantitative estimate of drug-likeness (QED) is 0.650. The van der Waals surface area contributed by atoms with Crippen molar-refractivity contribution in [2.24, 2.45) is 17.8 Å². The average Bonchev–Trinajstić information content (AvgIpc) is 3.22. The topological polar surface area (TPSA) is 59.5 Å². The lowest BCUT2D eigenvalue weighted by atomic mass is 9.71. The second-order valence-electron chi connectivity index (χ2n) is 8.23. The number of carbonyl (C=O) groups excluding carboxylic acids is 2. The van der Waals surface area contributed by atoms with Gasteiger partial charge in [-0.1, -0.05) is 38.3 Å². The van der Waals surface area contributed by atoms with Gasteiger partial charge in [0.15, 0.2) is 10.8 Å². The summed E-state index contributed by atoms with van der Waals surface area (Å²) in [7, 11) is 0. The standard InChI is InChI=1S/C23H30N2O3S/c1-2-17(21(26)22-24-18-10-6-7-11-19(18)29-22)20(16-8-4-3-5-9-16)23(27)25-12-14-28-15-13-25/h6-7,10-11,16-17,20H,2-5,8-9,12-15H2,1H3. The Bertz CT molecular complexity index is 820. The first-order chi connectivity index (χ1) is 14.2. The summed E-state index contributed by atoms with van der Waals surface area (Å²) >= 11 is 1.45. The fourth-order valence-electron chi connectivity index (χ4n) is 4.93. The Balaban J connectivity index is 1.64. The van der Waals surface area contributed by atoms with E-state index >= 15 is 0 Å². The van der Waals surface area contributed by atoms with Crippen LogP contribution in [0.25, 0.3) is 10.2 Å². The first kappa shape index (κ1) is 20.5. The highest BCUT2D eigenvalue weighted by molar-refractivity contribution is 7.20. The van der Waals surface area contributed by atoms with Gasteiger partial charge in [0.25, 0.3) is 0 Å². The second-order valence-corrected chi connectivity index (χ2v) is 9.26. The van der Waals surface area contributed by atoms with E-state index < -0.39 is 0 Å². The normalized spacial score (nSPS) is 20.5. The molecule has 1 saturated heterocycles. The number of thiazole rings is 1. The number of aromatic nitrogens is 1. The molecule has 6 heteroatoms. The molecule has 2 unspecified atom stereocenters. The molecule has 1 aromatic heterocycles. The van der Waals surface area contributed by atoms with Gasteiger partial charge in [0.2, 0.25) is 5.91 Å². The molecule has 5 nitrogen and oxygen atoms in total. The Morgan fingerprint density at radius 3 is 2.59 bits per heavy atom. The van der Waals surface area contributed by atoms with Gasteiger partial charge in [-0.25, -0.2) is 4.98 Å². The summed E-state index contributed by atoms with van der Waals surface area (Å²) in [5, 5.41) is 0.550. The SMILES string of the molecule is CCC(C(=O)c1nc2ccccc2s1)C(C(=O)N1CCOCC1)C1CCCCC1. The number of hydrogen-bond acceptors (Lipinski definition) is 5. The zero-order valence-electron chi connectivity index (χ0n) is 17.1. The van der Waals surface area contributed by atoms with Crippen molar-refractivity contribution in [1.82, 2.24) is 9.88 Å². The summed E-state index contributed by atoms with van der Waals surface area (Å²) in [6, 6.07) is 7.86. The minimum atomic E-state index is -0.297. The monoisotopic (exact) mass is 414 g/mol. The number of para-hydroxylation sites is 1. The number of rotatable bonds is 6. The van der Waals surface area contributed by atoms with E-state index in [1.807, 2.05) is 36.1 Å². The van der Waals surface area contributed by atoms with Gasteiger partial charge in [0, 0.05) is 19.0 Å². The van der Waals surface area contributed by atoms with Crippen molar-refractivity contribution in [2.75, 3.05) is 26.3 Å². The molecule has 0 spiro atoms. The first-order valence-electron chi connectivity index (χ1n) is 11.0. The Hall–Kier alpha value is -1.79. The van der Waals surface area contributed by atoms with Gasteiger partial charge in [-0.05, 0) is 37.3 Å². The molecule has 0 N–H and O–H groups in total. The highest BCUT2D eigenvalue weighted by Crippen LogP contribution is 2.38. The number of fused-ring (bicyclic) bond motifs is 1. The number of ether oxygens (including phenoxy) is 1. The predicted octanol–water partition coefficient (Wildman–Crippen LogP) is 4.56. The predicted molar refractivity (Wildman–Crippen MR) is 115 cm³/mol. The van der Waals surface area contributed by atoms with Crippen LogP contribution in [0.1, 0.15) is 55.3 Å². The summed E-state index contributed by atoms with van der Waals surface area (Å²) in [4.78, 5) is 33.7. The molecule has 4 rings (SSSR count). The summed E-state index contributed by atoms with van der Waals surface area (Å²) in [5.74, 6) is -0.0401. The number of Topliss-reactive ketones (excluding diaryl/α,β-unsaturated/α-hetero) is 1. The number of morpholine rings is 1. The number of hydrogen-bond donors (Lipinski definition) is 0. The second kappa shape index (κ2) is 9.35. The molecule has 2 atom stereocenters. The molecule has 1 aliphatic heterocycles. The average molecular weight is 415 g/mol. The lowest BCUT2D eigenvalue weighted by Crippen LogP contribution is -2.48. The van der Waals surface area contributed by atoms with Crippen LogP contribution in [0.3, 0.4) is 0 Å².